The van der Waals surface area contributed by atoms with Crippen molar-refractivity contribution in [3.8, 4) is 0 Å². The van der Waals surface area contributed by atoms with Crippen molar-refractivity contribution in [2.24, 2.45) is 5.92 Å². The number of aliphatic hydroxyl groups excluding tert-OH is 2. The largest absolute Gasteiger partial charge is 0.472 e. The van der Waals surface area contributed by atoms with E-state index in [1.807, 2.05) is 54.7 Å². The lowest BCUT2D eigenvalue weighted by atomic mass is 10.0. The van der Waals surface area contributed by atoms with Gasteiger partial charge >= 0.3 is 27.6 Å². The monoisotopic (exact) mass is 919 g/mol. The lowest BCUT2D eigenvalue weighted by molar-refractivity contribution is -0.161. The van der Waals surface area contributed by atoms with Crippen LogP contribution in [0, 0.1) is 5.92 Å². The third kappa shape index (κ3) is 44.1. The number of rotatable bonds is 41. The van der Waals surface area contributed by atoms with Crippen molar-refractivity contribution in [2.45, 2.75) is 174 Å². The average Bonchev–Trinajstić information content (AvgIpc) is 3.21. The second-order valence-electron chi connectivity index (χ2n) is 15.6. The van der Waals surface area contributed by atoms with Crippen LogP contribution in [0.3, 0.4) is 0 Å². The van der Waals surface area contributed by atoms with Crippen LogP contribution in [0.2, 0.25) is 0 Å². The van der Waals surface area contributed by atoms with Crippen LogP contribution < -0.4 is 0 Å². The zero-order chi connectivity index (χ0) is 46.2. The minimum atomic E-state index is -4.88. The Labute approximate surface area is 372 Å². The zero-order valence-corrected chi connectivity index (χ0v) is 39.5. The second-order valence-corrected chi connectivity index (χ2v) is 18.3. The Kier molecular flexibility index (Phi) is 38.5. The molecule has 4 atom stereocenters. The maximum atomic E-state index is 12.7. The Balaban J connectivity index is 4.67. The number of ether oxygens (including phenoxy) is 2. The van der Waals surface area contributed by atoms with E-state index in [4.69, 9.17) is 23.8 Å². The normalized spacial score (nSPS) is 15.2. The lowest BCUT2D eigenvalue weighted by Gasteiger charge is -2.20. The van der Waals surface area contributed by atoms with Crippen molar-refractivity contribution in [2.75, 3.05) is 26.4 Å². The van der Waals surface area contributed by atoms with Crippen LogP contribution in [0.25, 0.3) is 0 Å². The zero-order valence-electron chi connectivity index (χ0n) is 37.7. The number of carbonyl (C=O) groups is 2. The van der Waals surface area contributed by atoms with Gasteiger partial charge in [0, 0.05) is 12.8 Å². The van der Waals surface area contributed by atoms with Gasteiger partial charge in [-0.05, 0) is 50.9 Å². The summed E-state index contributed by atoms with van der Waals surface area (Å²) in [5, 5.41) is 19.8. The fourth-order valence-electron chi connectivity index (χ4n) is 5.70. The number of allylic oxidation sites excluding steroid dienone is 10. The van der Waals surface area contributed by atoms with Crippen LogP contribution in [0.1, 0.15) is 156 Å². The molecule has 0 aromatic carbocycles. The molecule has 2 unspecified atom stereocenters. The average molecular weight is 919 g/mol. The summed E-state index contributed by atoms with van der Waals surface area (Å²) in [6.45, 7) is 3.79. The summed E-state index contributed by atoms with van der Waals surface area (Å²) in [7, 11) is -9.72. The number of phosphoric ester groups is 2. The molecule has 0 fully saturated rings. The summed E-state index contributed by atoms with van der Waals surface area (Å²) in [5.74, 6) is -0.379. The number of aliphatic hydroxyl groups is 2. The van der Waals surface area contributed by atoms with E-state index in [9.17, 15) is 33.8 Å². The standard InChI is InChI=1S/C46H80O14P2/c1-4-5-6-7-23-28-33-42(47)34-29-24-19-15-12-13-16-20-25-30-35-45(49)56-39-44(40-59-62(54,55)58-38-43(48)37-57-61(51,52)53)60-46(50)36-31-26-21-17-11-9-8-10-14-18-22-27-32-41(2)3/h5-6,12-13,19-20,23-25,28-29,34,41-44,47-48H,4,7-11,14-18,21-22,26-27,30-33,35-40H2,1-3H3,(H,54,55)(H2,51,52,53)/b6-5-,13-12-,24-19-,25-20-,28-23-,34-29+/t42?,43-,44+/m0/s1. The molecule has 0 heterocycles. The first kappa shape index (κ1) is 59.5. The molecule has 358 valence electrons. The number of hydrogen-bond acceptors (Lipinski definition) is 11. The molecule has 0 aliphatic rings. The predicted molar refractivity (Wildman–Crippen MR) is 245 cm³/mol. The number of unbranched alkanes of at least 4 members (excludes halogenated alkanes) is 11. The highest BCUT2D eigenvalue weighted by molar-refractivity contribution is 7.47. The summed E-state index contributed by atoms with van der Waals surface area (Å²) in [5.41, 5.74) is 0. The van der Waals surface area contributed by atoms with Gasteiger partial charge in [-0.3, -0.25) is 23.2 Å². The van der Waals surface area contributed by atoms with E-state index in [1.165, 1.54) is 51.4 Å². The number of phosphoric acid groups is 2. The van der Waals surface area contributed by atoms with Gasteiger partial charge in [-0.25, -0.2) is 9.13 Å². The lowest BCUT2D eigenvalue weighted by Crippen LogP contribution is -2.29. The first-order chi connectivity index (χ1) is 29.6. The fraction of sp³-hybridized carbons (Fsp3) is 0.696. The minimum Gasteiger partial charge on any atom is -0.462 e. The summed E-state index contributed by atoms with van der Waals surface area (Å²) >= 11 is 0. The van der Waals surface area contributed by atoms with Gasteiger partial charge in [0.25, 0.3) is 0 Å². The van der Waals surface area contributed by atoms with Crippen molar-refractivity contribution >= 4 is 27.6 Å². The Morgan fingerprint density at radius 3 is 1.73 bits per heavy atom. The molecule has 0 aliphatic heterocycles. The second kappa shape index (κ2) is 40.1. The van der Waals surface area contributed by atoms with Gasteiger partial charge in [0.05, 0.1) is 25.9 Å². The van der Waals surface area contributed by atoms with Gasteiger partial charge in [0.2, 0.25) is 0 Å². The molecule has 0 aliphatic carbocycles. The molecule has 0 amide bonds. The minimum absolute atomic E-state index is 0.0446. The molecule has 62 heavy (non-hydrogen) atoms. The summed E-state index contributed by atoms with van der Waals surface area (Å²) in [4.78, 5) is 52.7. The maximum Gasteiger partial charge on any atom is 0.472 e. The van der Waals surface area contributed by atoms with Crippen LogP contribution in [0.5, 0.6) is 0 Å². The molecule has 5 N–H and O–H groups in total. The maximum absolute atomic E-state index is 12.7. The summed E-state index contributed by atoms with van der Waals surface area (Å²) in [6.07, 6.45) is 39.4. The van der Waals surface area contributed by atoms with Crippen molar-refractivity contribution in [1.82, 2.24) is 0 Å². The van der Waals surface area contributed by atoms with Crippen LogP contribution >= 0.6 is 15.6 Å². The Bertz CT molecular complexity index is 1400. The van der Waals surface area contributed by atoms with Crippen LogP contribution in [0.15, 0.2) is 72.9 Å². The van der Waals surface area contributed by atoms with Gasteiger partial charge in [0.15, 0.2) is 6.10 Å². The van der Waals surface area contributed by atoms with Crippen molar-refractivity contribution < 1.29 is 66.7 Å². The van der Waals surface area contributed by atoms with Gasteiger partial charge in [0.1, 0.15) is 12.7 Å². The molecule has 0 saturated carbocycles. The molecule has 0 radical (unpaired) electrons. The Morgan fingerprint density at radius 1 is 0.581 bits per heavy atom. The first-order valence-electron chi connectivity index (χ1n) is 22.6. The van der Waals surface area contributed by atoms with Crippen molar-refractivity contribution in [1.29, 1.82) is 0 Å². The molecule has 16 heteroatoms. The van der Waals surface area contributed by atoms with Crippen LogP contribution in [0.4, 0.5) is 0 Å². The van der Waals surface area contributed by atoms with E-state index in [0.29, 0.717) is 25.7 Å². The van der Waals surface area contributed by atoms with Gasteiger partial charge in [-0.2, -0.15) is 0 Å². The molecule has 0 saturated heterocycles. The molecule has 14 nitrogen and oxygen atoms in total. The van der Waals surface area contributed by atoms with E-state index in [-0.39, 0.29) is 12.8 Å². The predicted octanol–water partition coefficient (Wildman–Crippen LogP) is 10.6. The topological polar surface area (TPSA) is 216 Å². The van der Waals surface area contributed by atoms with Crippen molar-refractivity contribution in [3.63, 3.8) is 0 Å². The van der Waals surface area contributed by atoms with Crippen LogP contribution in [-0.4, -0.2) is 81.6 Å². The number of carbonyl (C=O) groups excluding carboxylic acids is 2. The first-order valence-corrected chi connectivity index (χ1v) is 25.6. The highest BCUT2D eigenvalue weighted by Gasteiger charge is 2.28. The molecular weight excluding hydrogens is 838 g/mol. The number of esters is 2. The van der Waals surface area contributed by atoms with E-state index in [1.54, 1.807) is 6.08 Å². The quantitative estimate of drug-likeness (QED) is 0.0127. The smallest absolute Gasteiger partial charge is 0.462 e. The van der Waals surface area contributed by atoms with E-state index in [2.05, 4.69) is 42.0 Å². The third-order valence-corrected chi connectivity index (χ3v) is 10.6. The molecule has 0 bridgehead atoms. The molecule has 0 aromatic heterocycles. The van der Waals surface area contributed by atoms with E-state index >= 15 is 0 Å². The third-order valence-electron chi connectivity index (χ3n) is 9.12. The van der Waals surface area contributed by atoms with Crippen LogP contribution in [-0.2, 0) is 41.8 Å². The number of hydrogen-bond donors (Lipinski definition) is 5. The van der Waals surface area contributed by atoms with E-state index < -0.39 is 72.3 Å². The fourth-order valence-corrected chi connectivity index (χ4v) is 6.86. The van der Waals surface area contributed by atoms with Gasteiger partial charge in [-0.1, -0.05) is 171 Å². The molecular formula is C46H80O14P2. The van der Waals surface area contributed by atoms with E-state index in [0.717, 1.165) is 50.9 Å². The highest BCUT2D eigenvalue weighted by atomic mass is 31.2. The van der Waals surface area contributed by atoms with Gasteiger partial charge < -0.3 is 34.4 Å². The Hall–Kier alpha value is -2.48. The SMILES string of the molecule is CC/C=C\C/C=C\CC(O)/C=C/C=C\C/C=C\C/C=C\CCC(=O)OC[C@H](COP(=O)(O)OC[C@@H](O)COP(=O)(O)O)OC(=O)CCCCCCCCCCCCCCC(C)C. The summed E-state index contributed by atoms with van der Waals surface area (Å²) in [6, 6.07) is 0. The molecule has 0 aromatic rings. The molecule has 0 spiro atoms. The van der Waals surface area contributed by atoms with Gasteiger partial charge in [-0.15, -0.1) is 0 Å². The highest BCUT2D eigenvalue weighted by Crippen LogP contribution is 2.43. The summed E-state index contributed by atoms with van der Waals surface area (Å²) < 4.78 is 47.7. The molecule has 0 rings (SSSR count). The Morgan fingerprint density at radius 2 is 1.11 bits per heavy atom. The van der Waals surface area contributed by atoms with Crippen molar-refractivity contribution in [3.05, 3.63) is 72.9 Å².